The van der Waals surface area contributed by atoms with Crippen LogP contribution in [0, 0.1) is 28.6 Å². The van der Waals surface area contributed by atoms with E-state index in [-0.39, 0.29) is 11.3 Å². The molecular weight excluding hydrogens is 374 g/mol. The van der Waals surface area contributed by atoms with Crippen LogP contribution in [0.4, 0.5) is 8.78 Å². The molecule has 5 heteroatoms. The lowest BCUT2D eigenvalue weighted by Crippen LogP contribution is -2.57. The molecular formula is C24H34F2O3. The lowest BCUT2D eigenvalue weighted by atomic mass is 9.47. The predicted molar refractivity (Wildman–Crippen MR) is 106 cm³/mol. The predicted octanol–water partition coefficient (Wildman–Crippen LogP) is 5.68. The van der Waals surface area contributed by atoms with Gasteiger partial charge in [-0.2, -0.15) is 8.78 Å². The number of halogens is 2. The number of alkyl halides is 2. The quantitative estimate of drug-likeness (QED) is 0.552. The molecule has 0 aromatic rings. The number of carbonyl (C=O) groups is 1. The summed E-state index contributed by atoms with van der Waals surface area (Å²) in [5, 5.41) is 0. The molecule has 29 heavy (non-hydrogen) atoms. The van der Waals surface area contributed by atoms with E-state index in [0.717, 1.165) is 38.5 Å². The van der Waals surface area contributed by atoms with E-state index in [1.165, 1.54) is 0 Å². The van der Waals surface area contributed by atoms with E-state index in [2.05, 4.69) is 13.8 Å². The summed E-state index contributed by atoms with van der Waals surface area (Å²) in [4.78, 5) is 12.5. The van der Waals surface area contributed by atoms with Gasteiger partial charge in [-0.25, -0.2) is 0 Å². The molecule has 162 valence electrons. The number of Topliss-reactive ketones (excluding diaryl/α,β-unsaturated/α-hetero) is 1. The zero-order valence-corrected chi connectivity index (χ0v) is 17.7. The molecule has 3 nitrogen and oxygen atoms in total. The Morgan fingerprint density at radius 1 is 1.03 bits per heavy atom. The summed E-state index contributed by atoms with van der Waals surface area (Å²) in [7, 11) is 0. The lowest BCUT2D eigenvalue weighted by Gasteiger charge is -2.58. The molecule has 0 spiro atoms. The minimum Gasteiger partial charge on any atom is -0.353 e. The van der Waals surface area contributed by atoms with Crippen LogP contribution in [0.3, 0.4) is 0 Å². The highest BCUT2D eigenvalue weighted by atomic mass is 19.3. The fourth-order valence-corrected chi connectivity index (χ4v) is 7.64. The van der Waals surface area contributed by atoms with E-state index in [1.807, 2.05) is 6.08 Å². The first-order valence-electron chi connectivity index (χ1n) is 11.7. The molecule has 5 aliphatic rings. The van der Waals surface area contributed by atoms with Crippen molar-refractivity contribution in [2.75, 3.05) is 6.61 Å². The van der Waals surface area contributed by atoms with Crippen molar-refractivity contribution in [2.24, 2.45) is 28.6 Å². The molecule has 0 aromatic carbocycles. The van der Waals surface area contributed by atoms with Crippen LogP contribution in [0.2, 0.25) is 0 Å². The zero-order chi connectivity index (χ0) is 20.4. The molecule has 0 radical (unpaired) electrons. The van der Waals surface area contributed by atoms with Gasteiger partial charge in [-0.3, -0.25) is 4.79 Å². The van der Waals surface area contributed by atoms with Gasteiger partial charge in [0.25, 0.3) is 5.92 Å². The minimum atomic E-state index is -2.94. The molecule has 1 heterocycles. The molecule has 4 fully saturated rings. The van der Waals surface area contributed by atoms with E-state index in [0.29, 0.717) is 55.5 Å². The van der Waals surface area contributed by atoms with Gasteiger partial charge < -0.3 is 9.47 Å². The smallest absolute Gasteiger partial charge is 0.295 e. The Labute approximate surface area is 172 Å². The number of rotatable bonds is 2. The van der Waals surface area contributed by atoms with Crippen LogP contribution < -0.4 is 0 Å². The van der Waals surface area contributed by atoms with E-state index < -0.39 is 23.7 Å². The summed E-state index contributed by atoms with van der Waals surface area (Å²) in [5.74, 6) is -1.56. The maximum Gasteiger partial charge on any atom is 0.295 e. The number of ketones is 1. The van der Waals surface area contributed by atoms with Crippen LogP contribution in [0.1, 0.15) is 78.1 Å². The molecule has 1 unspecified atom stereocenters. The fraction of sp³-hybridized carbons (Fsp3) is 0.875. The van der Waals surface area contributed by atoms with Gasteiger partial charge in [-0.1, -0.05) is 19.9 Å². The molecule has 3 saturated carbocycles. The summed E-state index contributed by atoms with van der Waals surface area (Å²) in [5.41, 5.74) is -0.386. The second kappa shape index (κ2) is 6.85. The maximum atomic E-state index is 15.7. The summed E-state index contributed by atoms with van der Waals surface area (Å²) >= 11 is 0. The van der Waals surface area contributed by atoms with Crippen LogP contribution in [0.25, 0.3) is 0 Å². The van der Waals surface area contributed by atoms with E-state index in [1.54, 1.807) is 0 Å². The number of hydrogen-bond donors (Lipinski definition) is 0. The molecule has 0 amide bonds. The van der Waals surface area contributed by atoms with Gasteiger partial charge in [0.15, 0.2) is 6.29 Å². The lowest BCUT2D eigenvalue weighted by molar-refractivity contribution is -0.246. The highest BCUT2D eigenvalue weighted by Crippen LogP contribution is 2.66. The van der Waals surface area contributed by atoms with Crippen molar-refractivity contribution in [3.63, 3.8) is 0 Å². The molecule has 4 aliphatic carbocycles. The first-order valence-corrected chi connectivity index (χ1v) is 11.7. The highest BCUT2D eigenvalue weighted by Gasteiger charge is 2.64. The van der Waals surface area contributed by atoms with Crippen LogP contribution in [0.15, 0.2) is 11.6 Å². The Morgan fingerprint density at radius 3 is 2.55 bits per heavy atom. The molecule has 7 atom stereocenters. The minimum absolute atomic E-state index is 0.218. The molecule has 5 rings (SSSR count). The van der Waals surface area contributed by atoms with E-state index in [9.17, 15) is 4.79 Å². The fourth-order valence-electron chi connectivity index (χ4n) is 7.64. The Kier molecular flexibility index (Phi) is 4.75. The number of fused-ring (bicyclic) bond motifs is 5. The molecule has 1 saturated heterocycles. The van der Waals surface area contributed by atoms with Crippen molar-refractivity contribution in [3.05, 3.63) is 11.6 Å². The zero-order valence-electron chi connectivity index (χ0n) is 17.7. The first kappa shape index (κ1) is 20.1. The standard InChI is InChI=1S/C24H34F2O3/c1-22-13-11-20(29-21-5-3-4-14-28-21)24(25,26)18(22)8-6-15-16-7-9-19(27)23(16,2)12-10-17(15)22/h8,15-17,20-21H,3-7,9-14H2,1-2H3/t15-,16-,17-,20-,21?,22+,23-/m0/s1. The Balaban J connectivity index is 1.41. The summed E-state index contributed by atoms with van der Waals surface area (Å²) in [6, 6.07) is 0. The van der Waals surface area contributed by atoms with Gasteiger partial charge in [0.1, 0.15) is 11.9 Å². The Bertz CT molecular complexity index is 713. The third kappa shape index (κ3) is 2.90. The third-order valence-electron chi connectivity index (χ3n) is 9.32. The van der Waals surface area contributed by atoms with Gasteiger partial charge in [-0.15, -0.1) is 0 Å². The summed E-state index contributed by atoms with van der Waals surface area (Å²) in [6.07, 6.45) is 8.12. The van der Waals surface area contributed by atoms with E-state index >= 15 is 8.78 Å². The molecule has 0 aromatic heterocycles. The molecule has 0 bridgehead atoms. The van der Waals surface area contributed by atoms with Crippen molar-refractivity contribution in [1.29, 1.82) is 0 Å². The van der Waals surface area contributed by atoms with Gasteiger partial charge in [0.2, 0.25) is 0 Å². The SMILES string of the molecule is C[C@]12CC[C@H](OC3CCCCO3)C(F)(F)C1=CC[C@@H]1[C@@H]2CC[C@]2(C)C(=O)CC[C@@H]12. The average Bonchev–Trinajstić information content (AvgIpc) is 3.00. The van der Waals surface area contributed by atoms with E-state index in [4.69, 9.17) is 9.47 Å². The maximum absolute atomic E-state index is 15.7. The second-order valence-corrected chi connectivity index (χ2v) is 10.6. The number of hydrogen-bond acceptors (Lipinski definition) is 3. The van der Waals surface area contributed by atoms with Crippen LogP contribution in [0.5, 0.6) is 0 Å². The van der Waals surface area contributed by atoms with Crippen LogP contribution >= 0.6 is 0 Å². The van der Waals surface area contributed by atoms with Gasteiger partial charge in [0.05, 0.1) is 0 Å². The summed E-state index contributed by atoms with van der Waals surface area (Å²) in [6.45, 7) is 4.80. The van der Waals surface area contributed by atoms with Gasteiger partial charge in [-0.05, 0) is 81.0 Å². The van der Waals surface area contributed by atoms with Crippen molar-refractivity contribution in [1.82, 2.24) is 0 Å². The number of ether oxygens (including phenoxy) is 2. The highest BCUT2D eigenvalue weighted by molar-refractivity contribution is 5.87. The monoisotopic (exact) mass is 408 g/mol. The summed E-state index contributed by atoms with van der Waals surface area (Å²) < 4.78 is 42.7. The normalized spacial score (nSPS) is 49.0. The largest absolute Gasteiger partial charge is 0.353 e. The molecule has 1 aliphatic heterocycles. The first-order chi connectivity index (χ1) is 13.8. The Hall–Kier alpha value is -0.810. The topological polar surface area (TPSA) is 35.5 Å². The Morgan fingerprint density at radius 2 is 1.79 bits per heavy atom. The second-order valence-electron chi connectivity index (χ2n) is 10.6. The van der Waals surface area contributed by atoms with Crippen molar-refractivity contribution in [2.45, 2.75) is 96.4 Å². The van der Waals surface area contributed by atoms with Crippen molar-refractivity contribution in [3.8, 4) is 0 Å². The molecule has 0 N–H and O–H groups in total. The third-order valence-corrected chi connectivity index (χ3v) is 9.32. The number of carbonyl (C=O) groups excluding carboxylic acids is 1. The van der Waals surface area contributed by atoms with Crippen molar-refractivity contribution < 1.29 is 23.0 Å². The van der Waals surface area contributed by atoms with Gasteiger partial charge in [0, 0.05) is 24.0 Å². The number of allylic oxidation sites excluding steroid dienone is 1. The van der Waals surface area contributed by atoms with Crippen LogP contribution in [-0.2, 0) is 14.3 Å². The van der Waals surface area contributed by atoms with Crippen molar-refractivity contribution >= 4 is 5.78 Å². The average molecular weight is 409 g/mol. The van der Waals surface area contributed by atoms with Crippen LogP contribution in [-0.4, -0.2) is 30.7 Å². The van der Waals surface area contributed by atoms with Gasteiger partial charge >= 0.3 is 0 Å².